The summed E-state index contributed by atoms with van der Waals surface area (Å²) in [5, 5.41) is 2.83. The van der Waals surface area contributed by atoms with Gasteiger partial charge in [0.25, 0.3) is 0 Å². The van der Waals surface area contributed by atoms with Gasteiger partial charge in [-0.1, -0.05) is 0 Å². The van der Waals surface area contributed by atoms with E-state index >= 15 is 0 Å². The summed E-state index contributed by atoms with van der Waals surface area (Å²) in [5.41, 5.74) is 1.53. The van der Waals surface area contributed by atoms with E-state index in [0.29, 0.717) is 26.1 Å². The molecule has 0 aromatic carbocycles. The number of rotatable bonds is 7. The summed E-state index contributed by atoms with van der Waals surface area (Å²) in [6, 6.07) is 0. The van der Waals surface area contributed by atoms with Crippen LogP contribution in [0.3, 0.4) is 0 Å². The quantitative estimate of drug-likeness (QED) is 0.711. The van der Waals surface area contributed by atoms with E-state index < -0.39 is 0 Å². The lowest BCUT2D eigenvalue weighted by molar-refractivity contribution is -0.127. The summed E-state index contributed by atoms with van der Waals surface area (Å²) in [6.07, 6.45) is 2.63. The number of imidazole rings is 1. The van der Waals surface area contributed by atoms with E-state index in [1.165, 1.54) is 0 Å². The Morgan fingerprint density at radius 3 is 2.64 bits per heavy atom. The van der Waals surface area contributed by atoms with Crippen molar-refractivity contribution >= 4 is 11.8 Å². The van der Waals surface area contributed by atoms with Gasteiger partial charge in [0.15, 0.2) is 0 Å². The average molecular weight is 308 g/mol. The van der Waals surface area contributed by atoms with Crippen LogP contribution < -0.4 is 11.0 Å². The second kappa shape index (κ2) is 7.29. The molecule has 22 heavy (non-hydrogen) atoms. The third kappa shape index (κ3) is 3.99. The maximum absolute atomic E-state index is 11.8. The van der Waals surface area contributed by atoms with Gasteiger partial charge in [-0.05, 0) is 26.7 Å². The minimum Gasteiger partial charge on any atom is -0.356 e. The Kier molecular flexibility index (Phi) is 5.41. The molecule has 1 fully saturated rings. The minimum absolute atomic E-state index is 0.0714. The van der Waals surface area contributed by atoms with E-state index in [4.69, 9.17) is 0 Å². The van der Waals surface area contributed by atoms with Gasteiger partial charge in [-0.25, -0.2) is 4.79 Å². The number of carbonyl (C=O) groups excluding carboxylic acids is 2. The number of H-pyrrole nitrogens is 1. The van der Waals surface area contributed by atoms with Gasteiger partial charge in [-0.3, -0.25) is 14.2 Å². The molecule has 0 aliphatic carbocycles. The van der Waals surface area contributed by atoms with Crippen LogP contribution in [0.4, 0.5) is 0 Å². The molecule has 0 radical (unpaired) electrons. The Bertz CT molecular complexity index is 602. The van der Waals surface area contributed by atoms with E-state index in [-0.39, 0.29) is 23.9 Å². The van der Waals surface area contributed by atoms with Crippen LogP contribution in [0.1, 0.15) is 37.1 Å². The third-order valence-corrected chi connectivity index (χ3v) is 4.15. The highest BCUT2D eigenvalue weighted by Gasteiger charge is 2.19. The maximum atomic E-state index is 11.8. The number of likely N-dealkylation sites (tertiary alicyclic amines) is 1. The molecule has 0 spiro atoms. The molecule has 2 N–H and O–H groups in total. The fourth-order valence-electron chi connectivity index (χ4n) is 2.68. The number of aryl methyl sites for hydroxylation is 1. The zero-order valence-corrected chi connectivity index (χ0v) is 13.3. The summed E-state index contributed by atoms with van der Waals surface area (Å²) in [4.78, 5) is 39.4. The molecule has 7 nitrogen and oxygen atoms in total. The summed E-state index contributed by atoms with van der Waals surface area (Å²) in [7, 11) is 0. The predicted molar refractivity (Wildman–Crippen MR) is 82.6 cm³/mol. The van der Waals surface area contributed by atoms with Gasteiger partial charge in [0.2, 0.25) is 11.8 Å². The lowest BCUT2D eigenvalue weighted by Gasteiger charge is -2.15. The fraction of sp³-hybridized carbons (Fsp3) is 0.667. The summed E-state index contributed by atoms with van der Waals surface area (Å²) < 4.78 is 1.58. The van der Waals surface area contributed by atoms with E-state index in [2.05, 4.69) is 10.3 Å². The van der Waals surface area contributed by atoms with Crippen LogP contribution in [-0.2, 0) is 16.1 Å². The fourth-order valence-corrected chi connectivity index (χ4v) is 2.68. The van der Waals surface area contributed by atoms with Crippen LogP contribution in [0.2, 0.25) is 0 Å². The van der Waals surface area contributed by atoms with Crippen molar-refractivity contribution in [1.82, 2.24) is 19.8 Å². The molecule has 2 heterocycles. The summed E-state index contributed by atoms with van der Waals surface area (Å²) >= 11 is 0. The van der Waals surface area contributed by atoms with E-state index in [0.717, 1.165) is 30.8 Å². The second-order valence-corrected chi connectivity index (χ2v) is 5.73. The van der Waals surface area contributed by atoms with Gasteiger partial charge in [0.1, 0.15) is 0 Å². The smallest absolute Gasteiger partial charge is 0.325 e. The molecule has 0 atom stereocenters. The molecule has 1 aliphatic heterocycles. The minimum atomic E-state index is -0.171. The molecule has 7 heteroatoms. The lowest BCUT2D eigenvalue weighted by Crippen LogP contribution is -2.31. The number of nitrogens with zero attached hydrogens (tertiary/aromatic N) is 2. The molecule has 2 rings (SSSR count). The van der Waals surface area contributed by atoms with Crippen molar-refractivity contribution in [2.75, 3.05) is 19.6 Å². The van der Waals surface area contributed by atoms with E-state index in [9.17, 15) is 14.4 Å². The van der Waals surface area contributed by atoms with Crippen molar-refractivity contribution in [3.63, 3.8) is 0 Å². The normalized spacial score (nSPS) is 14.6. The first-order valence-corrected chi connectivity index (χ1v) is 7.79. The first-order valence-electron chi connectivity index (χ1n) is 7.79. The van der Waals surface area contributed by atoms with Crippen molar-refractivity contribution < 1.29 is 9.59 Å². The first kappa shape index (κ1) is 16.3. The maximum Gasteiger partial charge on any atom is 0.325 e. The zero-order valence-electron chi connectivity index (χ0n) is 13.3. The molecular weight excluding hydrogens is 284 g/mol. The molecule has 1 aromatic rings. The molecule has 1 aliphatic rings. The third-order valence-electron chi connectivity index (χ3n) is 4.15. The highest BCUT2D eigenvalue weighted by Crippen LogP contribution is 2.09. The van der Waals surface area contributed by atoms with Crippen molar-refractivity contribution in [2.24, 2.45) is 0 Å². The number of hydrogen-bond donors (Lipinski definition) is 2. The van der Waals surface area contributed by atoms with Crippen molar-refractivity contribution in [3.8, 4) is 0 Å². The van der Waals surface area contributed by atoms with E-state index in [1.54, 1.807) is 4.57 Å². The van der Waals surface area contributed by atoms with Gasteiger partial charge < -0.3 is 15.2 Å². The Labute approximate surface area is 129 Å². The largest absolute Gasteiger partial charge is 0.356 e. The predicted octanol–water partition coefficient (Wildman–Crippen LogP) is 0.312. The second-order valence-electron chi connectivity index (χ2n) is 5.73. The number of hydrogen-bond acceptors (Lipinski definition) is 3. The lowest BCUT2D eigenvalue weighted by atomic mass is 10.3. The summed E-state index contributed by atoms with van der Waals surface area (Å²) in [6.45, 7) is 6.18. The van der Waals surface area contributed by atoms with Crippen molar-refractivity contribution in [2.45, 2.75) is 46.1 Å². The van der Waals surface area contributed by atoms with Gasteiger partial charge >= 0.3 is 5.69 Å². The Hall–Kier alpha value is -2.05. The highest BCUT2D eigenvalue weighted by molar-refractivity contribution is 5.78. The van der Waals surface area contributed by atoms with Gasteiger partial charge in [-0.15, -0.1) is 0 Å². The Balaban J connectivity index is 1.66. The molecule has 1 aromatic heterocycles. The number of aromatic amines is 1. The zero-order chi connectivity index (χ0) is 16.1. The average Bonchev–Trinajstić information content (AvgIpc) is 2.98. The van der Waals surface area contributed by atoms with Crippen LogP contribution in [0, 0.1) is 13.8 Å². The number of aromatic nitrogens is 2. The SMILES string of the molecule is Cc1[nH]c(=O)n(CCC(=O)NCCCN2CCCC2=O)c1C. The molecule has 1 saturated heterocycles. The monoisotopic (exact) mass is 308 g/mol. The number of nitrogens with one attached hydrogen (secondary N) is 2. The molecule has 2 amide bonds. The number of carbonyl (C=O) groups is 2. The molecule has 0 unspecified atom stereocenters. The summed E-state index contributed by atoms with van der Waals surface area (Å²) in [5.74, 6) is 0.141. The molecule has 0 saturated carbocycles. The first-order chi connectivity index (χ1) is 10.5. The Morgan fingerprint density at radius 1 is 1.27 bits per heavy atom. The molecule has 122 valence electrons. The standard InChI is InChI=1S/C15H24N4O3/c1-11-12(2)19(15(22)17-11)10-6-13(20)16-7-4-9-18-8-3-5-14(18)21/h3-10H2,1-2H3,(H,16,20)(H,17,22). The topological polar surface area (TPSA) is 87.2 Å². The van der Waals surface area contributed by atoms with Gasteiger partial charge in [0.05, 0.1) is 0 Å². The van der Waals surface area contributed by atoms with Crippen molar-refractivity contribution in [3.05, 3.63) is 21.9 Å². The molecule has 0 bridgehead atoms. The van der Waals surface area contributed by atoms with E-state index in [1.807, 2.05) is 18.7 Å². The molecular formula is C15H24N4O3. The van der Waals surface area contributed by atoms with Crippen LogP contribution in [-0.4, -0.2) is 45.9 Å². The highest BCUT2D eigenvalue weighted by atomic mass is 16.2. The van der Waals surface area contributed by atoms with Crippen LogP contribution in [0.25, 0.3) is 0 Å². The van der Waals surface area contributed by atoms with Crippen LogP contribution in [0.5, 0.6) is 0 Å². The van der Waals surface area contributed by atoms with Gasteiger partial charge in [-0.2, -0.15) is 0 Å². The number of amides is 2. The van der Waals surface area contributed by atoms with Crippen LogP contribution >= 0.6 is 0 Å². The Morgan fingerprint density at radius 2 is 2.05 bits per heavy atom. The van der Waals surface area contributed by atoms with Crippen molar-refractivity contribution in [1.29, 1.82) is 0 Å². The van der Waals surface area contributed by atoms with Crippen LogP contribution in [0.15, 0.2) is 4.79 Å². The van der Waals surface area contributed by atoms with Gasteiger partial charge in [0, 0.05) is 50.4 Å².